The maximum atomic E-state index is 11.2. The van der Waals surface area contributed by atoms with Gasteiger partial charge in [0.25, 0.3) is 0 Å². The van der Waals surface area contributed by atoms with Gasteiger partial charge in [-0.25, -0.2) is 4.79 Å². The van der Waals surface area contributed by atoms with Crippen molar-refractivity contribution in [1.29, 1.82) is 0 Å². The molecule has 0 aromatic rings. The number of hydrogen-bond donors (Lipinski definition) is 1. The van der Waals surface area contributed by atoms with Crippen molar-refractivity contribution in [3.63, 3.8) is 0 Å². The van der Waals surface area contributed by atoms with E-state index in [1.165, 1.54) is 218 Å². The second-order valence-electron chi connectivity index (χ2n) is 14.5. The minimum atomic E-state index is -0.812. The summed E-state index contributed by atoms with van der Waals surface area (Å²) in [5.41, 5.74) is 0.397. The molecule has 0 aliphatic carbocycles. The number of aliphatic carboxylic acids is 1. The summed E-state index contributed by atoms with van der Waals surface area (Å²) in [4.78, 5) is 11.2. The number of unbranched alkanes of at least 4 members (excludes halogenated alkanes) is 30. The molecule has 0 rings (SSSR count). The molecule has 0 spiro atoms. The molecule has 0 unspecified atom stereocenters. The van der Waals surface area contributed by atoms with Gasteiger partial charge in [0.1, 0.15) is 0 Å². The third kappa shape index (κ3) is 34.1. The first-order chi connectivity index (χ1) is 21.6. The number of carbonyl (C=O) groups is 1. The first-order valence-electron chi connectivity index (χ1n) is 20.5. The first kappa shape index (κ1) is 43.2. The van der Waals surface area contributed by atoms with Crippen molar-refractivity contribution >= 4 is 5.97 Å². The Hall–Kier alpha value is -0.790. The quantitative estimate of drug-likeness (QED) is 0.0552. The Balaban J connectivity index is 3.72. The Morgan fingerprint density at radius 2 is 0.636 bits per heavy atom. The van der Waals surface area contributed by atoms with Crippen molar-refractivity contribution in [3.8, 4) is 0 Å². The fourth-order valence-corrected chi connectivity index (χ4v) is 6.88. The zero-order valence-electron chi connectivity index (χ0n) is 30.6. The highest BCUT2D eigenvalue weighted by molar-refractivity contribution is 5.85. The normalized spacial score (nSPS) is 11.5. The van der Waals surface area contributed by atoms with E-state index in [1.807, 2.05) is 0 Å². The van der Waals surface area contributed by atoms with Crippen LogP contribution in [-0.2, 0) is 4.79 Å². The standard InChI is InChI=1S/C42H82O2/c1-4-6-8-10-12-14-16-18-20-22-24-26-28-30-32-34-36-41(39-38-40(3)42(43)44)37-35-33-31-29-27-25-23-21-19-17-15-13-11-9-7-5-2/h41H,3-39H2,1-2H3,(H,43,44). The molecule has 0 atom stereocenters. The van der Waals surface area contributed by atoms with Crippen molar-refractivity contribution in [2.45, 2.75) is 245 Å². The first-order valence-corrected chi connectivity index (χ1v) is 20.5. The molecule has 1 N–H and O–H groups in total. The molecule has 44 heavy (non-hydrogen) atoms. The average molecular weight is 619 g/mol. The van der Waals surface area contributed by atoms with Gasteiger partial charge < -0.3 is 5.11 Å². The Morgan fingerprint density at radius 3 is 0.864 bits per heavy atom. The van der Waals surface area contributed by atoms with Crippen LogP contribution in [0, 0.1) is 5.92 Å². The van der Waals surface area contributed by atoms with Crippen LogP contribution in [0.1, 0.15) is 245 Å². The fourth-order valence-electron chi connectivity index (χ4n) is 6.88. The number of hydrogen-bond acceptors (Lipinski definition) is 1. The molecule has 2 heteroatoms. The van der Waals surface area contributed by atoms with E-state index in [1.54, 1.807) is 0 Å². The van der Waals surface area contributed by atoms with Gasteiger partial charge in [-0.2, -0.15) is 0 Å². The van der Waals surface area contributed by atoms with Crippen LogP contribution in [0.5, 0.6) is 0 Å². The molecule has 0 aromatic carbocycles. The monoisotopic (exact) mass is 619 g/mol. The van der Waals surface area contributed by atoms with Crippen molar-refractivity contribution in [1.82, 2.24) is 0 Å². The van der Waals surface area contributed by atoms with Gasteiger partial charge in [-0.05, 0) is 18.8 Å². The summed E-state index contributed by atoms with van der Waals surface area (Å²) in [6.07, 6.45) is 49.5. The van der Waals surface area contributed by atoms with Crippen LogP contribution >= 0.6 is 0 Å². The van der Waals surface area contributed by atoms with Crippen molar-refractivity contribution in [2.75, 3.05) is 0 Å². The minimum absolute atomic E-state index is 0.397. The molecule has 0 heterocycles. The molecule has 0 saturated heterocycles. The van der Waals surface area contributed by atoms with E-state index >= 15 is 0 Å². The molecule has 0 amide bonds. The van der Waals surface area contributed by atoms with Gasteiger partial charge in [0.2, 0.25) is 0 Å². The van der Waals surface area contributed by atoms with Crippen LogP contribution in [0.2, 0.25) is 0 Å². The van der Waals surface area contributed by atoms with Gasteiger partial charge in [-0.1, -0.05) is 239 Å². The maximum Gasteiger partial charge on any atom is 0.330 e. The minimum Gasteiger partial charge on any atom is -0.478 e. The number of carboxylic acid groups (broad SMARTS) is 1. The number of carboxylic acids is 1. The Bertz CT molecular complexity index is 546. The predicted molar refractivity (Wildman–Crippen MR) is 198 cm³/mol. The molecule has 0 fully saturated rings. The van der Waals surface area contributed by atoms with E-state index < -0.39 is 5.97 Å². The highest BCUT2D eigenvalue weighted by Gasteiger charge is 2.12. The van der Waals surface area contributed by atoms with Gasteiger partial charge in [-0.3, -0.25) is 0 Å². The van der Waals surface area contributed by atoms with E-state index in [0.717, 1.165) is 6.42 Å². The smallest absolute Gasteiger partial charge is 0.330 e. The summed E-state index contributed by atoms with van der Waals surface area (Å²) in [6.45, 7) is 8.38. The summed E-state index contributed by atoms with van der Waals surface area (Å²) < 4.78 is 0. The molecule has 0 radical (unpaired) electrons. The lowest BCUT2D eigenvalue weighted by molar-refractivity contribution is -0.132. The lowest BCUT2D eigenvalue weighted by Crippen LogP contribution is -2.05. The average Bonchev–Trinajstić information content (AvgIpc) is 3.02. The summed E-state index contributed by atoms with van der Waals surface area (Å²) >= 11 is 0. The second kappa shape index (κ2) is 36.7. The van der Waals surface area contributed by atoms with Crippen LogP contribution in [0.25, 0.3) is 0 Å². The third-order valence-electron chi connectivity index (χ3n) is 10.1. The zero-order chi connectivity index (χ0) is 32.2. The molecule has 0 aromatic heterocycles. The SMILES string of the molecule is C=C(CCC(CCCCCCCCCCCCCCCCCC)CCCCCCCCCCCCCCCCCC)C(=O)O. The van der Waals surface area contributed by atoms with Crippen LogP contribution in [0.15, 0.2) is 12.2 Å². The van der Waals surface area contributed by atoms with Gasteiger partial charge in [0.15, 0.2) is 0 Å². The van der Waals surface area contributed by atoms with E-state index in [0.29, 0.717) is 17.9 Å². The molecular formula is C42H82O2. The lowest BCUT2D eigenvalue weighted by atomic mass is 9.89. The Kier molecular flexibility index (Phi) is 36.0. The predicted octanol–water partition coefficient (Wildman–Crippen LogP) is 15.3. The lowest BCUT2D eigenvalue weighted by Gasteiger charge is -2.17. The fraction of sp³-hybridized carbons (Fsp3) is 0.929. The third-order valence-corrected chi connectivity index (χ3v) is 10.1. The van der Waals surface area contributed by atoms with E-state index in [-0.39, 0.29) is 0 Å². The molecule has 0 saturated carbocycles. The largest absolute Gasteiger partial charge is 0.478 e. The van der Waals surface area contributed by atoms with Crippen molar-refractivity contribution in [2.24, 2.45) is 5.92 Å². The summed E-state index contributed by atoms with van der Waals surface area (Å²) in [5.74, 6) is -0.127. The zero-order valence-corrected chi connectivity index (χ0v) is 30.6. The second-order valence-corrected chi connectivity index (χ2v) is 14.5. The molecule has 262 valence electrons. The maximum absolute atomic E-state index is 11.2. The highest BCUT2D eigenvalue weighted by atomic mass is 16.4. The summed E-state index contributed by atoms with van der Waals surface area (Å²) in [5, 5.41) is 9.24. The summed E-state index contributed by atoms with van der Waals surface area (Å²) in [7, 11) is 0. The Labute approximate surface area is 278 Å². The van der Waals surface area contributed by atoms with Crippen LogP contribution in [0.4, 0.5) is 0 Å². The molecule has 0 aliphatic rings. The van der Waals surface area contributed by atoms with E-state index in [9.17, 15) is 9.90 Å². The molecule has 0 aliphatic heterocycles. The molecular weight excluding hydrogens is 536 g/mol. The summed E-state index contributed by atoms with van der Waals surface area (Å²) in [6, 6.07) is 0. The number of rotatable bonds is 38. The van der Waals surface area contributed by atoms with E-state index in [4.69, 9.17) is 0 Å². The van der Waals surface area contributed by atoms with Gasteiger partial charge >= 0.3 is 5.97 Å². The van der Waals surface area contributed by atoms with E-state index in [2.05, 4.69) is 20.4 Å². The van der Waals surface area contributed by atoms with Crippen molar-refractivity contribution < 1.29 is 9.90 Å². The van der Waals surface area contributed by atoms with Crippen LogP contribution in [0.3, 0.4) is 0 Å². The molecule has 0 bridgehead atoms. The van der Waals surface area contributed by atoms with Crippen LogP contribution < -0.4 is 0 Å². The van der Waals surface area contributed by atoms with Gasteiger partial charge in [0.05, 0.1) is 0 Å². The van der Waals surface area contributed by atoms with Crippen LogP contribution in [-0.4, -0.2) is 11.1 Å². The molecule has 2 nitrogen and oxygen atoms in total. The highest BCUT2D eigenvalue weighted by Crippen LogP contribution is 2.25. The Morgan fingerprint density at radius 1 is 0.409 bits per heavy atom. The van der Waals surface area contributed by atoms with Crippen molar-refractivity contribution in [3.05, 3.63) is 12.2 Å². The van der Waals surface area contributed by atoms with Gasteiger partial charge in [0, 0.05) is 5.57 Å². The topological polar surface area (TPSA) is 37.3 Å². The van der Waals surface area contributed by atoms with Gasteiger partial charge in [-0.15, -0.1) is 0 Å².